The van der Waals surface area contributed by atoms with E-state index in [1.54, 1.807) is 12.1 Å². The Labute approximate surface area is 117 Å². The van der Waals surface area contributed by atoms with Gasteiger partial charge in [0.15, 0.2) is 0 Å². The molecule has 1 nitrogen and oxygen atoms in total. The molecular formula is C12H5Cl4N. The standard InChI is InChI=1S/C12H5Cl4N/c13-5-1-7-11-8(15)2-6(14)4-10(11)17-12(7)9(16)3-5/h1-4,17H. The van der Waals surface area contributed by atoms with Gasteiger partial charge in [-0.2, -0.15) is 0 Å². The van der Waals surface area contributed by atoms with Crippen LogP contribution in [0.15, 0.2) is 24.3 Å². The van der Waals surface area contributed by atoms with Gasteiger partial charge in [0.2, 0.25) is 0 Å². The molecule has 0 fully saturated rings. The van der Waals surface area contributed by atoms with E-state index in [1.807, 2.05) is 12.1 Å². The quantitative estimate of drug-likeness (QED) is 0.529. The van der Waals surface area contributed by atoms with Crippen LogP contribution in [-0.4, -0.2) is 4.98 Å². The van der Waals surface area contributed by atoms with Gasteiger partial charge in [-0.15, -0.1) is 0 Å². The predicted molar refractivity (Wildman–Crippen MR) is 75.8 cm³/mol. The lowest BCUT2D eigenvalue weighted by atomic mass is 10.1. The van der Waals surface area contributed by atoms with Crippen molar-refractivity contribution in [1.29, 1.82) is 0 Å². The molecule has 1 aromatic heterocycles. The van der Waals surface area contributed by atoms with Gasteiger partial charge in [0, 0.05) is 26.3 Å². The molecule has 0 radical (unpaired) electrons. The Bertz CT molecular complexity index is 745. The molecule has 3 aromatic rings. The van der Waals surface area contributed by atoms with E-state index in [-0.39, 0.29) is 0 Å². The van der Waals surface area contributed by atoms with Crippen LogP contribution in [-0.2, 0) is 0 Å². The van der Waals surface area contributed by atoms with Gasteiger partial charge in [-0.1, -0.05) is 46.4 Å². The zero-order chi connectivity index (χ0) is 12.2. The highest BCUT2D eigenvalue weighted by Gasteiger charge is 2.12. The number of benzene rings is 2. The van der Waals surface area contributed by atoms with E-state index in [0.29, 0.717) is 20.1 Å². The van der Waals surface area contributed by atoms with Crippen molar-refractivity contribution in [3.8, 4) is 0 Å². The second-order valence-corrected chi connectivity index (χ2v) is 5.43. The van der Waals surface area contributed by atoms with Crippen LogP contribution in [0.3, 0.4) is 0 Å². The van der Waals surface area contributed by atoms with Crippen molar-refractivity contribution in [2.24, 2.45) is 0 Å². The third-order valence-electron chi connectivity index (χ3n) is 2.64. The van der Waals surface area contributed by atoms with Crippen LogP contribution in [0, 0.1) is 0 Å². The normalized spacial score (nSPS) is 11.5. The fraction of sp³-hybridized carbons (Fsp3) is 0. The van der Waals surface area contributed by atoms with E-state index in [2.05, 4.69) is 4.98 Å². The third kappa shape index (κ3) is 1.78. The number of hydrogen-bond donors (Lipinski definition) is 1. The average Bonchev–Trinajstić information content (AvgIpc) is 2.56. The number of H-pyrrole nitrogens is 1. The lowest BCUT2D eigenvalue weighted by Crippen LogP contribution is -1.72. The first-order chi connectivity index (χ1) is 8.06. The molecule has 0 amide bonds. The van der Waals surface area contributed by atoms with E-state index >= 15 is 0 Å². The summed E-state index contributed by atoms with van der Waals surface area (Å²) >= 11 is 24.3. The van der Waals surface area contributed by atoms with Gasteiger partial charge in [-0.05, 0) is 24.3 Å². The number of hydrogen-bond acceptors (Lipinski definition) is 0. The minimum atomic E-state index is 0.566. The number of aromatic amines is 1. The molecule has 0 aliphatic carbocycles. The van der Waals surface area contributed by atoms with Crippen LogP contribution >= 0.6 is 46.4 Å². The van der Waals surface area contributed by atoms with Crippen LogP contribution in [0.25, 0.3) is 21.8 Å². The lowest BCUT2D eigenvalue weighted by Gasteiger charge is -1.98. The van der Waals surface area contributed by atoms with Crippen molar-refractivity contribution in [2.75, 3.05) is 0 Å². The highest BCUT2D eigenvalue weighted by molar-refractivity contribution is 6.43. The molecule has 17 heavy (non-hydrogen) atoms. The molecule has 0 aliphatic rings. The lowest BCUT2D eigenvalue weighted by molar-refractivity contribution is 1.55. The largest absolute Gasteiger partial charge is 0.353 e. The fourth-order valence-electron chi connectivity index (χ4n) is 1.98. The number of nitrogens with one attached hydrogen (secondary N) is 1. The van der Waals surface area contributed by atoms with Crippen LogP contribution in [0.2, 0.25) is 20.1 Å². The summed E-state index contributed by atoms with van der Waals surface area (Å²) in [6.45, 7) is 0. The van der Waals surface area contributed by atoms with Crippen molar-refractivity contribution < 1.29 is 0 Å². The maximum atomic E-state index is 6.20. The molecule has 0 atom stereocenters. The summed E-state index contributed by atoms with van der Waals surface area (Å²) in [5.74, 6) is 0. The number of halogens is 4. The first kappa shape index (κ1) is 11.5. The van der Waals surface area contributed by atoms with Gasteiger partial charge in [0.05, 0.1) is 15.6 Å². The van der Waals surface area contributed by atoms with E-state index in [9.17, 15) is 0 Å². The van der Waals surface area contributed by atoms with Crippen LogP contribution < -0.4 is 0 Å². The van der Waals surface area contributed by atoms with Crippen molar-refractivity contribution in [3.63, 3.8) is 0 Å². The highest BCUT2D eigenvalue weighted by atomic mass is 35.5. The van der Waals surface area contributed by atoms with Gasteiger partial charge in [0.1, 0.15) is 0 Å². The van der Waals surface area contributed by atoms with E-state index in [0.717, 1.165) is 21.8 Å². The zero-order valence-electron chi connectivity index (χ0n) is 8.32. The summed E-state index contributed by atoms with van der Waals surface area (Å²) in [5, 5.41) is 4.09. The Kier molecular flexibility index (Phi) is 2.68. The molecule has 1 N–H and O–H groups in total. The molecule has 5 heteroatoms. The Hall–Kier alpha value is -0.600. The second kappa shape index (κ2) is 3.96. The monoisotopic (exact) mass is 303 g/mol. The Morgan fingerprint density at radius 1 is 0.765 bits per heavy atom. The minimum absolute atomic E-state index is 0.566. The fourth-order valence-corrected chi connectivity index (χ4v) is 3.11. The molecule has 0 aliphatic heterocycles. The van der Waals surface area contributed by atoms with Crippen LogP contribution in [0.5, 0.6) is 0 Å². The summed E-state index contributed by atoms with van der Waals surface area (Å²) in [6, 6.07) is 7.04. The van der Waals surface area contributed by atoms with E-state index in [1.165, 1.54) is 0 Å². The van der Waals surface area contributed by atoms with E-state index in [4.69, 9.17) is 46.4 Å². The molecule has 0 bridgehead atoms. The predicted octanol–water partition coefficient (Wildman–Crippen LogP) is 5.93. The average molecular weight is 305 g/mol. The first-order valence-electron chi connectivity index (χ1n) is 4.82. The van der Waals surface area contributed by atoms with Crippen LogP contribution in [0.1, 0.15) is 0 Å². The number of rotatable bonds is 0. The van der Waals surface area contributed by atoms with Crippen molar-refractivity contribution >= 4 is 68.2 Å². The molecule has 0 unspecified atom stereocenters. The number of fused-ring (bicyclic) bond motifs is 3. The molecule has 1 heterocycles. The second-order valence-electron chi connectivity index (χ2n) is 3.75. The molecule has 0 spiro atoms. The maximum Gasteiger partial charge on any atom is 0.0662 e. The Morgan fingerprint density at radius 3 is 2.18 bits per heavy atom. The van der Waals surface area contributed by atoms with Crippen molar-refractivity contribution in [2.45, 2.75) is 0 Å². The van der Waals surface area contributed by atoms with E-state index < -0.39 is 0 Å². The summed E-state index contributed by atoms with van der Waals surface area (Å²) in [7, 11) is 0. The Balaban J connectivity index is 2.60. The minimum Gasteiger partial charge on any atom is -0.353 e. The first-order valence-corrected chi connectivity index (χ1v) is 6.33. The van der Waals surface area contributed by atoms with Gasteiger partial charge in [-0.25, -0.2) is 0 Å². The number of aromatic nitrogens is 1. The molecular weight excluding hydrogens is 300 g/mol. The Morgan fingerprint density at radius 2 is 1.41 bits per heavy atom. The SMILES string of the molecule is Clc1cc(Cl)c2c(c1)[nH]c1c(Cl)cc(Cl)cc12. The van der Waals surface area contributed by atoms with Crippen molar-refractivity contribution in [1.82, 2.24) is 4.98 Å². The molecule has 0 saturated carbocycles. The third-order valence-corrected chi connectivity index (χ3v) is 3.67. The smallest absolute Gasteiger partial charge is 0.0662 e. The maximum absolute atomic E-state index is 6.20. The zero-order valence-corrected chi connectivity index (χ0v) is 11.3. The molecule has 2 aromatic carbocycles. The van der Waals surface area contributed by atoms with Crippen LogP contribution in [0.4, 0.5) is 0 Å². The molecule has 86 valence electrons. The molecule has 0 saturated heterocycles. The highest BCUT2D eigenvalue weighted by Crippen LogP contribution is 2.37. The summed E-state index contributed by atoms with van der Waals surface area (Å²) < 4.78 is 0. The topological polar surface area (TPSA) is 15.8 Å². The van der Waals surface area contributed by atoms with Gasteiger partial charge in [-0.3, -0.25) is 0 Å². The molecule has 3 rings (SSSR count). The van der Waals surface area contributed by atoms with Gasteiger partial charge < -0.3 is 4.98 Å². The summed E-state index contributed by atoms with van der Waals surface area (Å²) in [6.07, 6.45) is 0. The summed E-state index contributed by atoms with van der Waals surface area (Å²) in [5.41, 5.74) is 1.66. The van der Waals surface area contributed by atoms with Crippen molar-refractivity contribution in [3.05, 3.63) is 44.4 Å². The van der Waals surface area contributed by atoms with Gasteiger partial charge >= 0.3 is 0 Å². The summed E-state index contributed by atoms with van der Waals surface area (Å²) in [4.78, 5) is 3.20. The van der Waals surface area contributed by atoms with Gasteiger partial charge in [0.25, 0.3) is 0 Å².